The number of aryl methyl sites for hydroxylation is 1. The summed E-state index contributed by atoms with van der Waals surface area (Å²) in [6.07, 6.45) is 1.56. The van der Waals surface area contributed by atoms with Gasteiger partial charge in [0.25, 0.3) is 5.91 Å². The monoisotopic (exact) mass is 325 g/mol. The zero-order valence-electron chi connectivity index (χ0n) is 14.9. The van der Waals surface area contributed by atoms with Gasteiger partial charge >= 0.3 is 0 Å². The van der Waals surface area contributed by atoms with Gasteiger partial charge in [0.15, 0.2) is 0 Å². The van der Waals surface area contributed by atoms with Gasteiger partial charge in [-0.05, 0) is 68.0 Å². The fraction of sp³-hybridized carbons (Fsp3) is 0.381. The van der Waals surface area contributed by atoms with Crippen LogP contribution in [-0.2, 0) is 0 Å². The second-order valence-electron chi connectivity index (χ2n) is 6.14. The molecule has 2 aromatic rings. The fourth-order valence-electron chi connectivity index (χ4n) is 2.86. The van der Waals surface area contributed by atoms with Crippen LogP contribution in [0.5, 0.6) is 0 Å². The number of amides is 1. The summed E-state index contributed by atoms with van der Waals surface area (Å²) in [5, 5.41) is 8.88. The minimum atomic E-state index is 0.0583. The first-order valence-corrected chi connectivity index (χ1v) is 8.65. The van der Waals surface area contributed by atoms with E-state index in [0.29, 0.717) is 13.1 Å². The maximum absolute atomic E-state index is 12.6. The van der Waals surface area contributed by atoms with E-state index in [0.717, 1.165) is 24.0 Å². The Bertz CT molecular complexity index is 677. The number of carbonyl (C=O) groups excluding carboxylic acids is 1. The van der Waals surface area contributed by atoms with E-state index < -0.39 is 0 Å². The molecule has 3 heteroatoms. The van der Waals surface area contributed by atoms with E-state index >= 15 is 0 Å². The normalized spacial score (nSPS) is 10.7. The number of hydrogen-bond donors (Lipinski definition) is 1. The topological polar surface area (TPSA) is 40.5 Å². The lowest BCUT2D eigenvalue weighted by Crippen LogP contribution is -2.31. The van der Waals surface area contributed by atoms with Gasteiger partial charge < -0.3 is 10.0 Å². The molecule has 0 saturated heterocycles. The van der Waals surface area contributed by atoms with E-state index in [2.05, 4.69) is 32.0 Å². The van der Waals surface area contributed by atoms with Crippen molar-refractivity contribution < 1.29 is 9.90 Å². The highest BCUT2D eigenvalue weighted by Crippen LogP contribution is 2.25. The third-order valence-electron chi connectivity index (χ3n) is 4.55. The molecule has 0 aliphatic carbocycles. The molecule has 1 amide bonds. The lowest BCUT2D eigenvalue weighted by molar-refractivity contribution is 0.0759. The molecule has 0 unspecified atom stereocenters. The molecule has 1 N–H and O–H groups in total. The first-order valence-electron chi connectivity index (χ1n) is 8.65. The van der Waals surface area contributed by atoms with Crippen molar-refractivity contribution >= 4 is 5.91 Å². The van der Waals surface area contributed by atoms with Gasteiger partial charge in [-0.2, -0.15) is 0 Å². The van der Waals surface area contributed by atoms with Gasteiger partial charge in [0.05, 0.1) is 0 Å². The summed E-state index contributed by atoms with van der Waals surface area (Å²) < 4.78 is 0. The van der Waals surface area contributed by atoms with Crippen molar-refractivity contribution in [3.63, 3.8) is 0 Å². The van der Waals surface area contributed by atoms with Crippen LogP contribution in [0.15, 0.2) is 42.5 Å². The van der Waals surface area contributed by atoms with Gasteiger partial charge in [0.2, 0.25) is 0 Å². The van der Waals surface area contributed by atoms with Crippen molar-refractivity contribution in [2.24, 2.45) is 0 Å². The maximum atomic E-state index is 12.6. The Morgan fingerprint density at radius 3 is 2.38 bits per heavy atom. The molecule has 2 aromatic carbocycles. The van der Waals surface area contributed by atoms with Gasteiger partial charge in [-0.15, -0.1) is 0 Å². The van der Waals surface area contributed by atoms with Crippen LogP contribution in [0.2, 0.25) is 0 Å². The van der Waals surface area contributed by atoms with Crippen LogP contribution < -0.4 is 0 Å². The average Bonchev–Trinajstić information content (AvgIpc) is 2.61. The van der Waals surface area contributed by atoms with E-state index in [1.807, 2.05) is 36.1 Å². The third kappa shape index (κ3) is 4.24. The van der Waals surface area contributed by atoms with Crippen LogP contribution in [0.25, 0.3) is 11.1 Å². The molecule has 24 heavy (non-hydrogen) atoms. The highest BCUT2D eigenvalue weighted by atomic mass is 16.3. The van der Waals surface area contributed by atoms with Gasteiger partial charge in [-0.25, -0.2) is 0 Å². The van der Waals surface area contributed by atoms with Crippen molar-refractivity contribution in [2.75, 3.05) is 19.7 Å². The molecule has 0 aliphatic rings. The number of benzene rings is 2. The average molecular weight is 325 g/mol. The zero-order valence-corrected chi connectivity index (χ0v) is 14.9. The van der Waals surface area contributed by atoms with Gasteiger partial charge in [-0.1, -0.05) is 30.3 Å². The highest BCUT2D eigenvalue weighted by molar-refractivity contribution is 5.94. The Hall–Kier alpha value is -2.13. The second kappa shape index (κ2) is 8.65. The Morgan fingerprint density at radius 2 is 1.75 bits per heavy atom. The molecule has 0 aliphatic heterocycles. The zero-order chi connectivity index (χ0) is 17.5. The summed E-state index contributed by atoms with van der Waals surface area (Å²) in [6.45, 7) is 7.78. The number of hydrogen-bond acceptors (Lipinski definition) is 2. The van der Waals surface area contributed by atoms with Crippen LogP contribution in [0.1, 0.15) is 41.3 Å². The molecule has 0 spiro atoms. The van der Waals surface area contributed by atoms with Crippen molar-refractivity contribution in [1.29, 1.82) is 0 Å². The molecule has 0 radical (unpaired) electrons. The number of rotatable bonds is 7. The summed E-state index contributed by atoms with van der Waals surface area (Å²) >= 11 is 0. The first-order chi connectivity index (χ1) is 11.6. The number of aliphatic hydroxyl groups excluding tert-OH is 1. The van der Waals surface area contributed by atoms with E-state index in [1.54, 1.807) is 0 Å². The molecule has 0 saturated carbocycles. The molecular weight excluding hydrogens is 298 g/mol. The summed E-state index contributed by atoms with van der Waals surface area (Å²) in [5.74, 6) is 0.0583. The first kappa shape index (κ1) is 18.2. The molecule has 0 heterocycles. The molecule has 2 rings (SSSR count). The number of carbonyl (C=O) groups is 1. The SMILES string of the molecule is CCN(CCCCO)C(=O)c1ccc(-c2cccc(C)c2C)cc1. The van der Waals surface area contributed by atoms with Crippen molar-refractivity contribution in [3.05, 3.63) is 59.2 Å². The van der Waals surface area contributed by atoms with E-state index in [9.17, 15) is 4.79 Å². The van der Waals surface area contributed by atoms with Gasteiger partial charge in [0, 0.05) is 25.3 Å². The smallest absolute Gasteiger partial charge is 0.253 e. The Morgan fingerprint density at radius 1 is 1.04 bits per heavy atom. The number of aliphatic hydroxyl groups is 1. The van der Waals surface area contributed by atoms with E-state index in [-0.39, 0.29) is 12.5 Å². The lowest BCUT2D eigenvalue weighted by atomic mass is 9.96. The second-order valence-corrected chi connectivity index (χ2v) is 6.14. The Kier molecular flexibility index (Phi) is 6.56. The van der Waals surface area contributed by atoms with Gasteiger partial charge in [0.1, 0.15) is 0 Å². The minimum absolute atomic E-state index is 0.0583. The van der Waals surface area contributed by atoms with Crippen molar-refractivity contribution in [3.8, 4) is 11.1 Å². The van der Waals surface area contributed by atoms with Crippen LogP contribution in [0.4, 0.5) is 0 Å². The standard InChI is InChI=1S/C21H27NO2/c1-4-22(14-5-6-15-23)21(24)19-12-10-18(11-13-19)20-9-7-8-16(2)17(20)3/h7-13,23H,4-6,14-15H2,1-3H3. The van der Waals surface area contributed by atoms with E-state index in [1.165, 1.54) is 16.7 Å². The van der Waals surface area contributed by atoms with E-state index in [4.69, 9.17) is 5.11 Å². The molecule has 3 nitrogen and oxygen atoms in total. The quantitative estimate of drug-likeness (QED) is 0.775. The predicted molar refractivity (Wildman–Crippen MR) is 99.2 cm³/mol. The molecular formula is C21H27NO2. The molecule has 0 bridgehead atoms. The molecule has 0 fully saturated rings. The fourth-order valence-corrected chi connectivity index (χ4v) is 2.86. The van der Waals surface area contributed by atoms with Crippen molar-refractivity contribution in [2.45, 2.75) is 33.6 Å². The van der Waals surface area contributed by atoms with Crippen LogP contribution in [0.3, 0.4) is 0 Å². The third-order valence-corrected chi connectivity index (χ3v) is 4.55. The maximum Gasteiger partial charge on any atom is 0.253 e. The largest absolute Gasteiger partial charge is 0.396 e. The summed E-state index contributed by atoms with van der Waals surface area (Å²) in [4.78, 5) is 14.4. The Balaban J connectivity index is 2.16. The predicted octanol–water partition coefficient (Wildman–Crippen LogP) is 4.21. The Labute approximate surface area is 144 Å². The number of nitrogens with zero attached hydrogens (tertiary/aromatic N) is 1. The summed E-state index contributed by atoms with van der Waals surface area (Å²) in [7, 11) is 0. The molecule has 0 aromatic heterocycles. The van der Waals surface area contributed by atoms with Crippen LogP contribution >= 0.6 is 0 Å². The minimum Gasteiger partial charge on any atom is -0.396 e. The van der Waals surface area contributed by atoms with Crippen molar-refractivity contribution in [1.82, 2.24) is 4.90 Å². The van der Waals surface area contributed by atoms with Crippen LogP contribution in [-0.4, -0.2) is 35.6 Å². The summed E-state index contributed by atoms with van der Waals surface area (Å²) in [6, 6.07) is 14.2. The van der Waals surface area contributed by atoms with Crippen LogP contribution in [0, 0.1) is 13.8 Å². The summed E-state index contributed by atoms with van der Waals surface area (Å²) in [5.41, 5.74) is 5.61. The molecule has 128 valence electrons. The highest BCUT2D eigenvalue weighted by Gasteiger charge is 2.14. The number of unbranched alkanes of at least 4 members (excludes halogenated alkanes) is 1. The molecule has 0 atom stereocenters. The lowest BCUT2D eigenvalue weighted by Gasteiger charge is -2.21. The van der Waals surface area contributed by atoms with Gasteiger partial charge in [-0.3, -0.25) is 4.79 Å².